The Morgan fingerprint density at radius 1 is 1.07 bits per heavy atom. The highest BCUT2D eigenvalue weighted by atomic mass is 32.2. The number of nitrogens with zero attached hydrogens (tertiary/aromatic N) is 4. The van der Waals surface area contributed by atoms with E-state index >= 15 is 0 Å². The van der Waals surface area contributed by atoms with E-state index in [0.29, 0.717) is 18.1 Å². The van der Waals surface area contributed by atoms with Gasteiger partial charge in [-0.25, -0.2) is 18.4 Å². The first-order valence-corrected chi connectivity index (χ1v) is 10.6. The maximum absolute atomic E-state index is 11.6. The first-order valence-electron chi connectivity index (χ1n) is 8.78. The Kier molecular flexibility index (Phi) is 5.60. The third-order valence-corrected chi connectivity index (χ3v) is 5.77. The smallest absolute Gasteiger partial charge is 0.231 e. The Balaban J connectivity index is 1.78. The molecular weight excluding hydrogens is 374 g/mol. The van der Waals surface area contributed by atoms with Gasteiger partial charge in [0.15, 0.2) is 5.82 Å². The van der Waals surface area contributed by atoms with E-state index in [1.807, 2.05) is 38.1 Å². The molecule has 0 saturated carbocycles. The van der Waals surface area contributed by atoms with Crippen molar-refractivity contribution < 1.29 is 8.42 Å². The number of hydrogen-bond donors (Lipinski definition) is 1. The van der Waals surface area contributed by atoms with Crippen molar-refractivity contribution in [1.29, 1.82) is 0 Å². The van der Waals surface area contributed by atoms with Crippen LogP contribution in [0.4, 0.5) is 11.5 Å². The molecule has 0 amide bonds. The van der Waals surface area contributed by atoms with Crippen molar-refractivity contribution in [1.82, 2.24) is 15.0 Å². The summed E-state index contributed by atoms with van der Waals surface area (Å²) in [6.07, 6.45) is 4.64. The molecule has 0 atom stereocenters. The van der Waals surface area contributed by atoms with Crippen LogP contribution >= 0.6 is 0 Å². The fourth-order valence-electron chi connectivity index (χ4n) is 2.63. The van der Waals surface area contributed by atoms with E-state index in [1.54, 1.807) is 24.5 Å². The Morgan fingerprint density at radius 2 is 1.79 bits per heavy atom. The van der Waals surface area contributed by atoms with Crippen molar-refractivity contribution in [2.75, 3.05) is 22.9 Å². The van der Waals surface area contributed by atoms with Crippen LogP contribution in [0.25, 0.3) is 11.4 Å². The van der Waals surface area contributed by atoms with Gasteiger partial charge in [0.1, 0.15) is 5.82 Å². The van der Waals surface area contributed by atoms with Gasteiger partial charge >= 0.3 is 0 Å². The molecular formula is C20H23N5O2S. The monoisotopic (exact) mass is 397 g/mol. The molecule has 0 aliphatic carbocycles. The van der Waals surface area contributed by atoms with Gasteiger partial charge in [-0.05, 0) is 43.7 Å². The van der Waals surface area contributed by atoms with Crippen LogP contribution in [-0.2, 0) is 16.6 Å². The molecule has 0 saturated heterocycles. The largest absolute Gasteiger partial charge is 0.366 e. The molecule has 146 valence electrons. The number of pyridine rings is 1. The summed E-state index contributed by atoms with van der Waals surface area (Å²) in [7, 11) is -1.73. The van der Waals surface area contributed by atoms with Gasteiger partial charge in [-0.3, -0.25) is 9.29 Å². The van der Waals surface area contributed by atoms with Crippen LogP contribution in [0.3, 0.4) is 0 Å². The zero-order valence-electron chi connectivity index (χ0n) is 16.3. The average molecular weight is 398 g/mol. The van der Waals surface area contributed by atoms with Crippen molar-refractivity contribution in [3.05, 3.63) is 65.6 Å². The van der Waals surface area contributed by atoms with E-state index in [2.05, 4.69) is 20.3 Å². The molecule has 3 rings (SSSR count). The summed E-state index contributed by atoms with van der Waals surface area (Å²) < 4.78 is 24.5. The normalized spacial score (nSPS) is 11.3. The highest BCUT2D eigenvalue weighted by Gasteiger charge is 2.12. The molecule has 1 aromatic carbocycles. The molecule has 0 aliphatic heterocycles. The third-order valence-electron chi connectivity index (χ3n) is 4.57. The lowest BCUT2D eigenvalue weighted by Gasteiger charge is -2.17. The standard InChI is InChI=1S/C20H23N5O2S/c1-14-15(2)23-20(17-6-5-11-21-13-17)24-19(14)22-12-16-7-9-18(10-8-16)25(3)28(4,26)27/h5-11,13H,12H2,1-4H3,(H,22,23,24). The molecule has 8 heteroatoms. The Labute approximate surface area is 165 Å². The molecule has 7 nitrogen and oxygen atoms in total. The average Bonchev–Trinajstić information content (AvgIpc) is 2.69. The van der Waals surface area contributed by atoms with Crippen LogP contribution in [0.1, 0.15) is 16.8 Å². The summed E-state index contributed by atoms with van der Waals surface area (Å²) in [6.45, 7) is 4.50. The van der Waals surface area contributed by atoms with Crippen LogP contribution in [-0.4, -0.2) is 36.7 Å². The van der Waals surface area contributed by atoms with Gasteiger partial charge in [-0.1, -0.05) is 12.1 Å². The third kappa shape index (κ3) is 4.45. The molecule has 0 unspecified atom stereocenters. The minimum absolute atomic E-state index is 0.562. The summed E-state index contributed by atoms with van der Waals surface area (Å²) in [5, 5.41) is 3.36. The second kappa shape index (κ2) is 7.93. The highest BCUT2D eigenvalue weighted by Crippen LogP contribution is 2.22. The fraction of sp³-hybridized carbons (Fsp3) is 0.250. The second-order valence-corrected chi connectivity index (χ2v) is 8.61. The van der Waals surface area contributed by atoms with Gasteiger partial charge in [0.2, 0.25) is 10.0 Å². The molecule has 2 aromatic heterocycles. The molecule has 1 N–H and O–H groups in total. The van der Waals surface area contributed by atoms with Crippen molar-refractivity contribution in [3.63, 3.8) is 0 Å². The van der Waals surface area contributed by atoms with Crippen LogP contribution < -0.4 is 9.62 Å². The number of aryl methyl sites for hydroxylation is 1. The van der Waals surface area contributed by atoms with Crippen LogP contribution in [0.15, 0.2) is 48.8 Å². The Hall–Kier alpha value is -3.00. The van der Waals surface area contributed by atoms with Crippen molar-refractivity contribution >= 4 is 21.5 Å². The van der Waals surface area contributed by atoms with Crippen molar-refractivity contribution in [3.8, 4) is 11.4 Å². The zero-order valence-corrected chi connectivity index (χ0v) is 17.2. The number of sulfonamides is 1. The molecule has 0 aliphatic rings. The number of nitrogens with one attached hydrogen (secondary N) is 1. The number of aromatic nitrogens is 3. The van der Waals surface area contributed by atoms with E-state index < -0.39 is 10.0 Å². The van der Waals surface area contributed by atoms with E-state index in [0.717, 1.165) is 28.2 Å². The van der Waals surface area contributed by atoms with Crippen LogP contribution in [0.5, 0.6) is 0 Å². The summed E-state index contributed by atoms with van der Waals surface area (Å²) in [5.41, 5.74) is 4.40. The maximum atomic E-state index is 11.6. The highest BCUT2D eigenvalue weighted by molar-refractivity contribution is 7.92. The molecule has 2 heterocycles. The molecule has 3 aromatic rings. The van der Waals surface area contributed by atoms with Gasteiger partial charge in [0, 0.05) is 42.8 Å². The lowest BCUT2D eigenvalue weighted by atomic mass is 10.2. The van der Waals surface area contributed by atoms with Gasteiger partial charge in [0.05, 0.1) is 11.9 Å². The second-order valence-electron chi connectivity index (χ2n) is 6.60. The lowest BCUT2D eigenvalue weighted by Crippen LogP contribution is -2.24. The van der Waals surface area contributed by atoms with E-state index in [-0.39, 0.29) is 0 Å². The maximum Gasteiger partial charge on any atom is 0.231 e. The molecule has 0 spiro atoms. The molecule has 0 radical (unpaired) electrons. The summed E-state index contributed by atoms with van der Waals surface area (Å²) in [5.74, 6) is 1.40. The minimum atomic E-state index is -3.27. The predicted molar refractivity (Wildman–Crippen MR) is 112 cm³/mol. The lowest BCUT2D eigenvalue weighted by molar-refractivity contribution is 0.600. The van der Waals surface area contributed by atoms with Crippen molar-refractivity contribution in [2.24, 2.45) is 0 Å². The predicted octanol–water partition coefficient (Wildman–Crippen LogP) is 3.16. The summed E-state index contributed by atoms with van der Waals surface area (Å²) in [6, 6.07) is 11.2. The van der Waals surface area contributed by atoms with Crippen LogP contribution in [0.2, 0.25) is 0 Å². The van der Waals surface area contributed by atoms with E-state index in [1.165, 1.54) is 17.6 Å². The quantitative estimate of drug-likeness (QED) is 0.687. The molecule has 0 fully saturated rings. The summed E-state index contributed by atoms with van der Waals surface area (Å²) >= 11 is 0. The number of benzene rings is 1. The van der Waals surface area contributed by atoms with Gasteiger partial charge in [-0.2, -0.15) is 0 Å². The minimum Gasteiger partial charge on any atom is -0.366 e. The first-order chi connectivity index (χ1) is 13.3. The fourth-order valence-corrected chi connectivity index (χ4v) is 3.13. The van der Waals surface area contributed by atoms with Gasteiger partial charge in [-0.15, -0.1) is 0 Å². The molecule has 0 bridgehead atoms. The Morgan fingerprint density at radius 3 is 2.39 bits per heavy atom. The molecule has 28 heavy (non-hydrogen) atoms. The Bertz CT molecular complexity index is 1070. The number of hydrogen-bond acceptors (Lipinski definition) is 6. The zero-order chi connectivity index (χ0) is 20.3. The van der Waals surface area contributed by atoms with Crippen molar-refractivity contribution in [2.45, 2.75) is 20.4 Å². The van der Waals surface area contributed by atoms with Crippen LogP contribution in [0, 0.1) is 13.8 Å². The summed E-state index contributed by atoms with van der Waals surface area (Å²) in [4.78, 5) is 13.3. The number of anilines is 2. The topological polar surface area (TPSA) is 88.1 Å². The van der Waals surface area contributed by atoms with Gasteiger partial charge < -0.3 is 5.32 Å². The SMILES string of the molecule is Cc1nc(-c2cccnc2)nc(NCc2ccc(N(C)S(C)(=O)=O)cc2)c1C. The van der Waals surface area contributed by atoms with E-state index in [4.69, 9.17) is 0 Å². The number of rotatable bonds is 6. The van der Waals surface area contributed by atoms with E-state index in [9.17, 15) is 8.42 Å². The first kappa shape index (κ1) is 19.8. The van der Waals surface area contributed by atoms with Gasteiger partial charge in [0.25, 0.3) is 0 Å².